The minimum Gasteiger partial charge on any atom is -0.446 e. The van der Waals surface area contributed by atoms with E-state index in [9.17, 15) is 28.8 Å². The van der Waals surface area contributed by atoms with Crippen molar-refractivity contribution in [2.75, 3.05) is 24.5 Å². The molecule has 1 spiro atoms. The summed E-state index contributed by atoms with van der Waals surface area (Å²) >= 11 is 6.13. The van der Waals surface area contributed by atoms with Gasteiger partial charge in [-0.05, 0) is 63.1 Å². The summed E-state index contributed by atoms with van der Waals surface area (Å²) < 4.78 is 11.2. The summed E-state index contributed by atoms with van der Waals surface area (Å²) in [6, 6.07) is 4.41. The Morgan fingerprint density at radius 1 is 1.11 bits per heavy atom. The fraction of sp³-hybridized carbons (Fsp3) is 0.600. The van der Waals surface area contributed by atoms with Gasteiger partial charge in [0.1, 0.15) is 18.7 Å². The second-order valence-electron chi connectivity index (χ2n) is 12.0. The fourth-order valence-electron chi connectivity index (χ4n) is 6.01. The molecule has 2 heterocycles. The number of rotatable bonds is 11. The Morgan fingerprint density at radius 3 is 2.55 bits per heavy atom. The zero-order chi connectivity index (χ0) is 31.4. The van der Waals surface area contributed by atoms with Crippen LogP contribution in [0.25, 0.3) is 0 Å². The van der Waals surface area contributed by atoms with Crippen LogP contribution in [-0.2, 0) is 28.7 Å². The molecule has 1 aromatic carbocycles. The number of ketones is 1. The van der Waals surface area contributed by atoms with Gasteiger partial charge in [-0.25, -0.2) is 9.59 Å². The summed E-state index contributed by atoms with van der Waals surface area (Å²) in [4.78, 5) is 80.6. The van der Waals surface area contributed by atoms with Gasteiger partial charge < -0.3 is 30.3 Å². The molecule has 0 bridgehead atoms. The molecule has 5 rings (SSSR count). The van der Waals surface area contributed by atoms with Gasteiger partial charge in [0.05, 0.1) is 19.1 Å². The molecule has 238 valence electrons. The van der Waals surface area contributed by atoms with Crippen molar-refractivity contribution in [3.63, 3.8) is 0 Å². The van der Waals surface area contributed by atoms with Crippen LogP contribution in [0.2, 0.25) is 5.02 Å². The third kappa shape index (κ3) is 7.43. The molecule has 3 atom stereocenters. The van der Waals surface area contributed by atoms with Crippen LogP contribution in [0.3, 0.4) is 0 Å². The lowest BCUT2D eigenvalue weighted by Gasteiger charge is -2.26. The van der Waals surface area contributed by atoms with Crippen LogP contribution >= 0.6 is 11.6 Å². The van der Waals surface area contributed by atoms with Crippen molar-refractivity contribution in [1.82, 2.24) is 20.9 Å². The molecule has 4 fully saturated rings. The average Bonchev–Trinajstić information content (AvgIpc) is 3.36. The van der Waals surface area contributed by atoms with E-state index >= 15 is 0 Å². The van der Waals surface area contributed by atoms with Gasteiger partial charge >= 0.3 is 12.2 Å². The molecule has 0 aromatic heterocycles. The normalized spacial score (nSPS) is 23.8. The maximum Gasteiger partial charge on any atom is 0.415 e. The quantitative estimate of drug-likeness (QED) is 0.314. The van der Waals surface area contributed by atoms with Crippen LogP contribution in [0.5, 0.6) is 0 Å². The van der Waals surface area contributed by atoms with Crippen LogP contribution in [0.15, 0.2) is 24.3 Å². The smallest absolute Gasteiger partial charge is 0.415 e. The van der Waals surface area contributed by atoms with Crippen LogP contribution in [0.1, 0.15) is 64.7 Å². The van der Waals surface area contributed by atoms with Crippen LogP contribution in [0.4, 0.5) is 15.3 Å². The van der Waals surface area contributed by atoms with E-state index in [-0.39, 0.29) is 38.1 Å². The van der Waals surface area contributed by atoms with E-state index in [0.29, 0.717) is 17.1 Å². The highest BCUT2D eigenvalue weighted by atomic mass is 35.5. The Bertz CT molecular complexity index is 1320. The first-order valence-corrected chi connectivity index (χ1v) is 15.6. The first kappa shape index (κ1) is 31.6. The number of ether oxygens (including phenoxy) is 2. The van der Waals surface area contributed by atoms with Gasteiger partial charge in [-0.1, -0.05) is 31.0 Å². The van der Waals surface area contributed by atoms with Gasteiger partial charge in [-0.15, -0.1) is 0 Å². The minimum absolute atomic E-state index is 0.0282. The highest BCUT2D eigenvalue weighted by Crippen LogP contribution is 2.38. The number of hydrogen-bond donors (Lipinski definition) is 3. The number of amides is 5. The van der Waals surface area contributed by atoms with Crippen molar-refractivity contribution in [2.24, 2.45) is 0 Å². The molecular weight excluding hydrogens is 594 g/mol. The molecule has 44 heavy (non-hydrogen) atoms. The second kappa shape index (κ2) is 13.4. The van der Waals surface area contributed by atoms with Gasteiger partial charge in [0.15, 0.2) is 5.60 Å². The third-order valence-electron chi connectivity index (χ3n) is 8.42. The van der Waals surface area contributed by atoms with Crippen molar-refractivity contribution in [2.45, 2.75) is 94.5 Å². The molecule has 5 amide bonds. The molecule has 13 nitrogen and oxygen atoms in total. The van der Waals surface area contributed by atoms with Crippen molar-refractivity contribution < 1.29 is 38.2 Å². The summed E-state index contributed by atoms with van der Waals surface area (Å²) in [6.45, 7) is 1.29. The van der Waals surface area contributed by atoms with Gasteiger partial charge in [0, 0.05) is 23.2 Å². The summed E-state index contributed by atoms with van der Waals surface area (Å²) in [6.07, 6.45) is 4.19. The number of halogens is 1. The lowest BCUT2D eigenvalue weighted by Crippen LogP contribution is -2.54. The van der Waals surface area contributed by atoms with Gasteiger partial charge in [0.2, 0.25) is 17.6 Å². The van der Waals surface area contributed by atoms with E-state index in [1.54, 1.807) is 24.3 Å². The molecule has 4 aliphatic rings. The molecule has 1 aromatic rings. The lowest BCUT2D eigenvalue weighted by atomic mass is 9.99. The van der Waals surface area contributed by atoms with Crippen molar-refractivity contribution in [3.05, 3.63) is 29.3 Å². The largest absolute Gasteiger partial charge is 0.446 e. The van der Waals surface area contributed by atoms with Crippen LogP contribution in [-0.4, -0.2) is 90.1 Å². The summed E-state index contributed by atoms with van der Waals surface area (Å²) in [5, 5.41) is 8.22. The van der Waals surface area contributed by atoms with E-state index in [1.807, 2.05) is 6.92 Å². The minimum atomic E-state index is -1.24. The average molecular weight is 632 g/mol. The molecule has 14 heteroatoms. The Hall–Kier alpha value is -3.87. The monoisotopic (exact) mass is 631 g/mol. The number of anilines is 1. The molecule has 2 aliphatic carbocycles. The van der Waals surface area contributed by atoms with E-state index in [0.717, 1.165) is 38.5 Å². The highest BCUT2D eigenvalue weighted by Gasteiger charge is 2.56. The molecule has 0 unspecified atom stereocenters. The van der Waals surface area contributed by atoms with Crippen LogP contribution < -0.4 is 20.9 Å². The number of alkyl carbamates (subject to hydrolysis) is 1. The SMILES string of the molecule is CCC[C@H](NC(=O)[C@@H]1C[C@@]2(CN(c3cccc(Cl)c3)C(=O)O2)CN1C(=O)CNC(=O)OC1CCCC1)C(=O)C(=O)NC1CC1. The van der Waals surface area contributed by atoms with Crippen LogP contribution in [0, 0.1) is 0 Å². The van der Waals surface area contributed by atoms with Gasteiger partial charge in [0.25, 0.3) is 5.91 Å². The number of carbonyl (C=O) groups excluding carboxylic acids is 6. The summed E-state index contributed by atoms with van der Waals surface area (Å²) in [7, 11) is 0. The maximum absolute atomic E-state index is 13.7. The third-order valence-corrected chi connectivity index (χ3v) is 8.66. The molecule has 2 aliphatic heterocycles. The second-order valence-corrected chi connectivity index (χ2v) is 12.4. The predicted octanol–water partition coefficient (Wildman–Crippen LogP) is 2.44. The standard InChI is InChI=1S/C30H38ClN5O8/c1-2-6-22(25(38)27(40)33-19-11-12-19)34-26(39)23-14-30(16-35(29(42)44-30)20-8-5-7-18(31)13-20)17-36(23)24(37)15-32-28(41)43-21-9-3-4-10-21/h5,7-8,13,19,21-23H,2-4,6,9-12,14-17H2,1H3,(H,32,41)(H,33,40)(H,34,39)/t22-,23-,30+/m0/s1. The predicted molar refractivity (Wildman–Crippen MR) is 158 cm³/mol. The van der Waals surface area contributed by atoms with Crippen molar-refractivity contribution in [3.8, 4) is 0 Å². The highest BCUT2D eigenvalue weighted by molar-refractivity contribution is 6.38. The number of hydrogen-bond acceptors (Lipinski definition) is 8. The first-order valence-electron chi connectivity index (χ1n) is 15.2. The maximum atomic E-state index is 13.7. The molecule has 3 N–H and O–H groups in total. The van der Waals surface area contributed by atoms with E-state index in [2.05, 4.69) is 16.0 Å². The summed E-state index contributed by atoms with van der Waals surface area (Å²) in [5.41, 5.74) is -0.744. The van der Waals surface area contributed by atoms with E-state index < -0.39 is 59.9 Å². The number of nitrogens with one attached hydrogen (secondary N) is 3. The fourth-order valence-corrected chi connectivity index (χ4v) is 6.20. The number of benzene rings is 1. The number of carbonyl (C=O) groups is 6. The Labute approximate surface area is 260 Å². The van der Waals surface area contributed by atoms with E-state index in [1.165, 1.54) is 9.80 Å². The summed E-state index contributed by atoms with van der Waals surface area (Å²) in [5.74, 6) is -2.76. The number of nitrogens with zero attached hydrogens (tertiary/aromatic N) is 2. The number of Topliss-reactive ketones (excluding diaryl/α,β-unsaturated/α-hetero) is 1. The van der Waals surface area contributed by atoms with Crippen molar-refractivity contribution >= 4 is 53.0 Å². The van der Waals surface area contributed by atoms with Crippen molar-refractivity contribution in [1.29, 1.82) is 0 Å². The molecule has 0 radical (unpaired) electrons. The van der Waals surface area contributed by atoms with Gasteiger partial charge in [-0.3, -0.25) is 24.1 Å². The molecule has 2 saturated heterocycles. The topological polar surface area (TPSA) is 163 Å². The Kier molecular flexibility index (Phi) is 9.62. The Morgan fingerprint density at radius 2 is 1.86 bits per heavy atom. The van der Waals surface area contributed by atoms with E-state index in [4.69, 9.17) is 21.1 Å². The molecule has 2 saturated carbocycles. The first-order chi connectivity index (χ1) is 21.1. The zero-order valence-electron chi connectivity index (χ0n) is 24.6. The lowest BCUT2D eigenvalue weighted by molar-refractivity contribution is -0.142. The zero-order valence-corrected chi connectivity index (χ0v) is 25.4. The van der Waals surface area contributed by atoms with Gasteiger partial charge in [-0.2, -0.15) is 0 Å². The Balaban J connectivity index is 1.31. The number of likely N-dealkylation sites (tertiary alicyclic amines) is 1. The molecular formula is C30H38ClN5O8.